The summed E-state index contributed by atoms with van der Waals surface area (Å²) in [7, 11) is 0. The summed E-state index contributed by atoms with van der Waals surface area (Å²) in [4.78, 5) is 18.6. The van der Waals surface area contributed by atoms with Crippen molar-refractivity contribution in [3.8, 4) is 5.82 Å². The summed E-state index contributed by atoms with van der Waals surface area (Å²) in [5, 5.41) is 16.2. The number of nitrogens with zero attached hydrogens (tertiary/aromatic N) is 6. The van der Waals surface area contributed by atoms with E-state index in [0.717, 1.165) is 30.8 Å². The van der Waals surface area contributed by atoms with Gasteiger partial charge in [0, 0.05) is 24.7 Å². The van der Waals surface area contributed by atoms with Crippen LogP contribution in [0.25, 0.3) is 5.82 Å². The van der Waals surface area contributed by atoms with Crippen LogP contribution in [0.3, 0.4) is 0 Å². The van der Waals surface area contributed by atoms with Crippen molar-refractivity contribution in [1.82, 2.24) is 30.3 Å². The van der Waals surface area contributed by atoms with Crippen molar-refractivity contribution in [1.29, 1.82) is 0 Å². The highest BCUT2D eigenvalue weighted by Crippen LogP contribution is 2.22. The van der Waals surface area contributed by atoms with Crippen LogP contribution in [-0.4, -0.2) is 44.0 Å². The maximum atomic E-state index is 12.6. The predicted octanol–water partition coefficient (Wildman–Crippen LogP) is 2.24. The first kappa shape index (κ1) is 18.4. The average Bonchev–Trinajstić information content (AvgIpc) is 3.28. The highest BCUT2D eigenvalue weighted by molar-refractivity contribution is 6.31. The van der Waals surface area contributed by atoms with Crippen molar-refractivity contribution in [3.63, 3.8) is 0 Å². The van der Waals surface area contributed by atoms with E-state index in [2.05, 4.69) is 30.5 Å². The minimum Gasteiger partial charge on any atom is -0.354 e. The molecule has 1 aliphatic rings. The Balaban J connectivity index is 1.37. The third kappa shape index (κ3) is 4.12. The molecule has 1 N–H and O–H groups in total. The third-order valence-electron chi connectivity index (χ3n) is 4.82. The maximum Gasteiger partial charge on any atom is 0.225 e. The van der Waals surface area contributed by atoms with Gasteiger partial charge in [0.1, 0.15) is 12.7 Å². The molecule has 0 aliphatic carbocycles. The molecular formula is C19H20ClN7O. The minimum absolute atomic E-state index is 0.0387. The molecule has 3 aromatic rings. The molecule has 1 atom stereocenters. The smallest absolute Gasteiger partial charge is 0.225 e. The second-order valence-corrected chi connectivity index (χ2v) is 7.09. The van der Waals surface area contributed by atoms with Gasteiger partial charge in [-0.2, -0.15) is 5.10 Å². The molecule has 1 unspecified atom stereocenters. The summed E-state index contributed by atoms with van der Waals surface area (Å²) in [5.41, 5.74) is 0.916. The summed E-state index contributed by atoms with van der Waals surface area (Å²) in [6.07, 6.45) is 4.81. The molecule has 9 heteroatoms. The topological polar surface area (TPSA) is 88.8 Å². The molecule has 2 aromatic heterocycles. The van der Waals surface area contributed by atoms with Crippen molar-refractivity contribution in [2.75, 3.05) is 18.0 Å². The van der Waals surface area contributed by atoms with Gasteiger partial charge in [-0.3, -0.25) is 4.79 Å². The molecule has 0 bridgehead atoms. The molecule has 1 aliphatic heterocycles. The molecule has 1 aromatic carbocycles. The summed E-state index contributed by atoms with van der Waals surface area (Å²) in [6.45, 7) is 1.90. The van der Waals surface area contributed by atoms with E-state index in [1.54, 1.807) is 11.0 Å². The highest BCUT2D eigenvalue weighted by atomic mass is 35.5. The van der Waals surface area contributed by atoms with Crippen LogP contribution in [0.4, 0.5) is 5.82 Å². The van der Waals surface area contributed by atoms with Crippen LogP contribution < -0.4 is 10.2 Å². The molecule has 1 fully saturated rings. The number of rotatable bonds is 5. The molecule has 8 nitrogen and oxygen atoms in total. The van der Waals surface area contributed by atoms with Crippen LogP contribution in [0.2, 0.25) is 5.02 Å². The number of aromatic nitrogens is 5. The van der Waals surface area contributed by atoms with Crippen molar-refractivity contribution < 1.29 is 4.79 Å². The van der Waals surface area contributed by atoms with Gasteiger partial charge in [-0.25, -0.2) is 9.67 Å². The number of nitrogens with one attached hydrogen (secondary N) is 1. The molecule has 28 heavy (non-hydrogen) atoms. The zero-order chi connectivity index (χ0) is 19.3. The zero-order valence-corrected chi connectivity index (χ0v) is 16.0. The Morgan fingerprint density at radius 3 is 2.75 bits per heavy atom. The van der Waals surface area contributed by atoms with Gasteiger partial charge in [0.05, 0.1) is 5.92 Å². The number of carbonyl (C=O) groups is 1. The molecule has 4 rings (SSSR count). The van der Waals surface area contributed by atoms with E-state index in [0.29, 0.717) is 23.9 Å². The second kappa shape index (κ2) is 8.35. The van der Waals surface area contributed by atoms with E-state index < -0.39 is 0 Å². The van der Waals surface area contributed by atoms with Crippen LogP contribution in [0.1, 0.15) is 18.4 Å². The Hall–Kier alpha value is -3.00. The number of halogens is 1. The Morgan fingerprint density at radius 2 is 2.00 bits per heavy atom. The van der Waals surface area contributed by atoms with Gasteiger partial charge >= 0.3 is 0 Å². The van der Waals surface area contributed by atoms with Gasteiger partial charge in [0.15, 0.2) is 11.6 Å². The van der Waals surface area contributed by atoms with E-state index in [9.17, 15) is 4.79 Å². The molecular weight excluding hydrogens is 378 g/mol. The number of piperidine rings is 1. The first-order valence-electron chi connectivity index (χ1n) is 9.15. The van der Waals surface area contributed by atoms with Crippen LogP contribution in [-0.2, 0) is 11.3 Å². The SMILES string of the molecule is O=C(NCc1ccccc1Cl)C1CCCN(c2ccc(-n3cncn3)nn2)C1. The van der Waals surface area contributed by atoms with E-state index in [1.165, 1.54) is 6.33 Å². The maximum absolute atomic E-state index is 12.6. The number of anilines is 1. The number of benzene rings is 1. The Morgan fingerprint density at radius 1 is 1.18 bits per heavy atom. The molecule has 3 heterocycles. The number of carbonyl (C=O) groups excluding carboxylic acids is 1. The monoisotopic (exact) mass is 397 g/mol. The van der Waals surface area contributed by atoms with Gasteiger partial charge in [-0.15, -0.1) is 10.2 Å². The van der Waals surface area contributed by atoms with E-state index >= 15 is 0 Å². The zero-order valence-electron chi connectivity index (χ0n) is 15.2. The fraction of sp³-hybridized carbons (Fsp3) is 0.316. The normalized spacial score (nSPS) is 16.8. The van der Waals surface area contributed by atoms with Gasteiger partial charge < -0.3 is 10.2 Å². The Labute approximate surface area is 167 Å². The summed E-state index contributed by atoms with van der Waals surface area (Å²) in [6, 6.07) is 11.3. The molecule has 0 saturated carbocycles. The van der Waals surface area contributed by atoms with Gasteiger partial charge in [-0.05, 0) is 36.6 Å². The van der Waals surface area contributed by atoms with Crippen molar-refractivity contribution in [2.24, 2.45) is 5.92 Å². The molecule has 1 amide bonds. The fourth-order valence-electron chi connectivity index (χ4n) is 3.30. The van der Waals surface area contributed by atoms with Crippen molar-refractivity contribution in [3.05, 3.63) is 59.6 Å². The summed E-state index contributed by atoms with van der Waals surface area (Å²) in [5.74, 6) is 1.31. The summed E-state index contributed by atoms with van der Waals surface area (Å²) < 4.78 is 1.55. The lowest BCUT2D eigenvalue weighted by atomic mass is 9.97. The second-order valence-electron chi connectivity index (χ2n) is 6.68. The van der Waals surface area contributed by atoms with Crippen molar-refractivity contribution >= 4 is 23.3 Å². The van der Waals surface area contributed by atoms with E-state index in [-0.39, 0.29) is 11.8 Å². The van der Waals surface area contributed by atoms with Crippen LogP contribution in [0.15, 0.2) is 49.1 Å². The van der Waals surface area contributed by atoms with Crippen LogP contribution in [0, 0.1) is 5.92 Å². The lowest BCUT2D eigenvalue weighted by Gasteiger charge is -2.32. The quantitative estimate of drug-likeness (QED) is 0.710. The number of hydrogen-bond acceptors (Lipinski definition) is 6. The Kier molecular flexibility index (Phi) is 5.48. The average molecular weight is 398 g/mol. The first-order valence-corrected chi connectivity index (χ1v) is 9.53. The largest absolute Gasteiger partial charge is 0.354 e. The Bertz CT molecular complexity index is 930. The van der Waals surface area contributed by atoms with Gasteiger partial charge in [0.25, 0.3) is 0 Å². The standard InChI is InChI=1S/C19H20ClN7O/c20-16-6-2-1-4-14(16)10-22-19(28)15-5-3-9-26(11-15)17-7-8-18(25-24-17)27-13-21-12-23-27/h1-2,4,6-8,12-13,15H,3,5,9-11H2,(H,22,28). The van der Waals surface area contributed by atoms with Crippen LogP contribution in [0.5, 0.6) is 0 Å². The van der Waals surface area contributed by atoms with Crippen molar-refractivity contribution in [2.45, 2.75) is 19.4 Å². The van der Waals surface area contributed by atoms with E-state index in [4.69, 9.17) is 11.6 Å². The molecule has 0 spiro atoms. The van der Waals surface area contributed by atoms with Crippen LogP contribution >= 0.6 is 11.6 Å². The predicted molar refractivity (Wildman–Crippen MR) is 105 cm³/mol. The molecule has 1 saturated heterocycles. The van der Waals surface area contributed by atoms with E-state index in [1.807, 2.05) is 36.4 Å². The number of amides is 1. The third-order valence-corrected chi connectivity index (χ3v) is 5.19. The fourth-order valence-corrected chi connectivity index (χ4v) is 3.51. The van der Waals surface area contributed by atoms with Gasteiger partial charge in [0.2, 0.25) is 5.91 Å². The lowest BCUT2D eigenvalue weighted by molar-refractivity contribution is -0.125. The summed E-state index contributed by atoms with van der Waals surface area (Å²) >= 11 is 6.16. The minimum atomic E-state index is -0.0898. The molecule has 144 valence electrons. The van der Waals surface area contributed by atoms with Gasteiger partial charge in [-0.1, -0.05) is 29.8 Å². The molecule has 0 radical (unpaired) electrons. The highest BCUT2D eigenvalue weighted by Gasteiger charge is 2.26. The first-order chi connectivity index (χ1) is 13.7. The lowest BCUT2D eigenvalue weighted by Crippen LogP contribution is -2.43. The number of hydrogen-bond donors (Lipinski definition) is 1.